The summed E-state index contributed by atoms with van der Waals surface area (Å²) in [6.07, 6.45) is 0. The highest BCUT2D eigenvalue weighted by molar-refractivity contribution is 6.39. The van der Waals surface area contributed by atoms with E-state index in [1.54, 1.807) is 14.2 Å². The Morgan fingerprint density at radius 2 is 0.792 bits per heavy atom. The average Bonchev–Trinajstić information content (AvgIpc) is 3.74. The summed E-state index contributed by atoms with van der Waals surface area (Å²) >= 11 is 0. The van der Waals surface area contributed by atoms with Crippen LogP contribution < -0.4 is 14.4 Å². The number of amides is 2. The van der Waals surface area contributed by atoms with E-state index in [-0.39, 0.29) is 17.6 Å². The van der Waals surface area contributed by atoms with Crippen LogP contribution in [-0.2, 0) is 25.2 Å². The number of allylic oxidation sites excluding steroid dienone is 2. The summed E-state index contributed by atoms with van der Waals surface area (Å²) in [4.78, 5) is 48.2. The third kappa shape index (κ3) is 4.42. The number of imide groups is 1. The first-order chi connectivity index (χ1) is 26.0. The highest BCUT2D eigenvalue weighted by atomic mass is 16.5. The van der Waals surface area contributed by atoms with Crippen LogP contribution in [0.25, 0.3) is 22.3 Å². The molecule has 258 valence electrons. The van der Waals surface area contributed by atoms with Crippen LogP contribution in [0.4, 0.5) is 5.69 Å². The van der Waals surface area contributed by atoms with Gasteiger partial charge in [0.05, 0.1) is 42.6 Å². The number of hydrogen-bond acceptors (Lipinski definition) is 5. The van der Waals surface area contributed by atoms with Gasteiger partial charge < -0.3 is 9.47 Å². The van der Waals surface area contributed by atoms with Crippen molar-refractivity contribution in [3.63, 3.8) is 0 Å². The van der Waals surface area contributed by atoms with Gasteiger partial charge in [-0.15, -0.1) is 0 Å². The molecule has 2 bridgehead atoms. The van der Waals surface area contributed by atoms with E-state index >= 15 is 14.4 Å². The number of rotatable bonds is 8. The number of anilines is 1. The molecule has 4 atom stereocenters. The standard InChI is InChI=1S/C47H35NO5/c1-52-37-26-20-32(21-27-37)39-40(33-22-28-38(53-2)29-23-33)47(35-16-10-5-11-17-35)42-41(46(39,45(47)51)34-14-8-4-9-15-34)43(49)48(44(42)50)36-24-18-31(19-25-36)30-12-6-3-7-13-30/h3-29,41-42H,1-2H3/t41-,42-,46+,47+/m0/s1. The lowest BCUT2D eigenvalue weighted by Crippen LogP contribution is -2.45. The molecule has 9 rings (SSSR count). The lowest BCUT2D eigenvalue weighted by atomic mass is 9.59. The maximum atomic E-state index is 16.2. The Balaban J connectivity index is 1.36. The third-order valence-electron chi connectivity index (χ3n) is 11.4. The molecule has 2 amide bonds. The Labute approximate surface area is 307 Å². The number of benzene rings is 6. The molecule has 6 heteroatoms. The number of methoxy groups -OCH3 is 2. The van der Waals surface area contributed by atoms with Gasteiger partial charge in [-0.2, -0.15) is 0 Å². The number of carbonyl (C=O) groups excluding carboxylic acids is 3. The molecular formula is C47H35NO5. The summed E-state index contributed by atoms with van der Waals surface area (Å²) in [7, 11) is 3.23. The molecule has 0 spiro atoms. The lowest BCUT2D eigenvalue weighted by Gasteiger charge is -2.39. The molecule has 0 unspecified atom stereocenters. The second-order valence-corrected chi connectivity index (χ2v) is 13.8. The van der Waals surface area contributed by atoms with Crippen LogP contribution in [0.5, 0.6) is 11.5 Å². The first kappa shape index (κ1) is 32.4. The Bertz CT molecular complexity index is 2280. The summed E-state index contributed by atoms with van der Waals surface area (Å²) in [5.74, 6) is -1.65. The van der Waals surface area contributed by atoms with Crippen molar-refractivity contribution >= 4 is 34.4 Å². The highest BCUT2D eigenvalue weighted by Gasteiger charge is 2.82. The molecule has 0 N–H and O–H groups in total. The molecule has 53 heavy (non-hydrogen) atoms. The first-order valence-electron chi connectivity index (χ1n) is 17.7. The monoisotopic (exact) mass is 693 g/mol. The van der Waals surface area contributed by atoms with Crippen molar-refractivity contribution < 1.29 is 23.9 Å². The maximum Gasteiger partial charge on any atom is 0.239 e. The normalized spacial score (nSPS) is 23.1. The second kappa shape index (κ2) is 12.3. The van der Waals surface area contributed by atoms with Crippen LogP contribution in [0.3, 0.4) is 0 Å². The molecule has 2 fully saturated rings. The third-order valence-corrected chi connectivity index (χ3v) is 11.4. The Morgan fingerprint density at radius 3 is 1.19 bits per heavy atom. The number of ketones is 1. The van der Waals surface area contributed by atoms with Gasteiger partial charge in [0.15, 0.2) is 5.78 Å². The van der Waals surface area contributed by atoms with Gasteiger partial charge in [0.25, 0.3) is 0 Å². The number of Topliss-reactive ketones (excluding diaryl/α,β-unsaturated/α-hetero) is 1. The predicted octanol–water partition coefficient (Wildman–Crippen LogP) is 8.56. The van der Waals surface area contributed by atoms with Crippen molar-refractivity contribution in [2.45, 2.75) is 10.8 Å². The smallest absolute Gasteiger partial charge is 0.239 e. The van der Waals surface area contributed by atoms with E-state index < -0.39 is 22.7 Å². The highest BCUT2D eigenvalue weighted by Crippen LogP contribution is 2.74. The number of ether oxygens (including phenoxy) is 2. The van der Waals surface area contributed by atoms with Gasteiger partial charge in [0.2, 0.25) is 11.8 Å². The van der Waals surface area contributed by atoms with Gasteiger partial charge in [-0.05, 0) is 80.9 Å². The van der Waals surface area contributed by atoms with E-state index in [9.17, 15) is 0 Å². The zero-order valence-electron chi connectivity index (χ0n) is 29.2. The van der Waals surface area contributed by atoms with E-state index in [1.807, 2.05) is 164 Å². The molecular weight excluding hydrogens is 659 g/mol. The lowest BCUT2D eigenvalue weighted by molar-refractivity contribution is -0.130. The largest absolute Gasteiger partial charge is 0.497 e. The van der Waals surface area contributed by atoms with Crippen LogP contribution in [0.15, 0.2) is 164 Å². The summed E-state index contributed by atoms with van der Waals surface area (Å²) in [5, 5.41) is 0. The minimum absolute atomic E-state index is 0.171. The molecule has 3 aliphatic rings. The van der Waals surface area contributed by atoms with Crippen molar-refractivity contribution in [3.8, 4) is 22.6 Å². The Hall–Kier alpha value is -6.53. The zero-order valence-corrected chi connectivity index (χ0v) is 29.2. The van der Waals surface area contributed by atoms with Crippen LogP contribution in [0.1, 0.15) is 22.3 Å². The summed E-state index contributed by atoms with van der Waals surface area (Å²) < 4.78 is 11.1. The van der Waals surface area contributed by atoms with Crippen LogP contribution >= 0.6 is 0 Å². The zero-order chi connectivity index (χ0) is 36.3. The van der Waals surface area contributed by atoms with Gasteiger partial charge in [-0.1, -0.05) is 127 Å². The van der Waals surface area contributed by atoms with Crippen molar-refractivity contribution in [1.29, 1.82) is 0 Å². The van der Waals surface area contributed by atoms with Crippen LogP contribution in [0, 0.1) is 11.8 Å². The van der Waals surface area contributed by atoms with Crippen molar-refractivity contribution in [3.05, 3.63) is 186 Å². The molecule has 1 saturated heterocycles. The van der Waals surface area contributed by atoms with Gasteiger partial charge in [0.1, 0.15) is 11.5 Å². The van der Waals surface area contributed by atoms with E-state index in [4.69, 9.17) is 9.47 Å². The van der Waals surface area contributed by atoms with Gasteiger partial charge in [-0.25, -0.2) is 4.90 Å². The number of carbonyl (C=O) groups is 3. The molecule has 1 heterocycles. The fourth-order valence-electron chi connectivity index (χ4n) is 9.33. The Kier molecular flexibility index (Phi) is 7.52. The first-order valence-corrected chi connectivity index (χ1v) is 17.7. The number of hydrogen-bond donors (Lipinski definition) is 0. The van der Waals surface area contributed by atoms with Gasteiger partial charge in [0, 0.05) is 0 Å². The molecule has 6 nitrogen and oxygen atoms in total. The number of fused-ring (bicyclic) bond motifs is 5. The van der Waals surface area contributed by atoms with E-state index in [0.29, 0.717) is 39.5 Å². The number of nitrogens with zero attached hydrogens (tertiary/aromatic N) is 1. The molecule has 1 aliphatic heterocycles. The molecule has 0 aromatic heterocycles. The predicted molar refractivity (Wildman–Crippen MR) is 205 cm³/mol. The molecule has 2 aliphatic carbocycles. The van der Waals surface area contributed by atoms with Gasteiger partial charge in [-0.3, -0.25) is 14.4 Å². The fraction of sp³-hybridized carbons (Fsp3) is 0.128. The molecule has 6 aromatic rings. The SMILES string of the molecule is COc1ccc(C2=C(c3ccc(OC)cc3)[C@@]3(c4ccccc4)C(=O)[C@@]2(c2ccccc2)[C@@H]2C(=O)N(c4ccc(-c5ccccc5)cc4)C(=O)[C@H]23)cc1. The van der Waals surface area contributed by atoms with E-state index in [1.165, 1.54) is 4.90 Å². The van der Waals surface area contributed by atoms with Crippen LogP contribution in [-0.4, -0.2) is 31.8 Å². The van der Waals surface area contributed by atoms with Crippen LogP contribution in [0.2, 0.25) is 0 Å². The molecule has 1 saturated carbocycles. The topological polar surface area (TPSA) is 72.9 Å². The minimum atomic E-state index is -1.50. The molecule has 0 radical (unpaired) electrons. The average molecular weight is 694 g/mol. The second-order valence-electron chi connectivity index (χ2n) is 13.8. The quantitative estimate of drug-likeness (QED) is 0.150. The summed E-state index contributed by atoms with van der Waals surface area (Å²) in [6, 6.07) is 51.9. The Morgan fingerprint density at radius 1 is 0.434 bits per heavy atom. The molecule has 6 aromatic carbocycles. The van der Waals surface area contributed by atoms with Crippen molar-refractivity contribution in [2.24, 2.45) is 11.8 Å². The van der Waals surface area contributed by atoms with Gasteiger partial charge >= 0.3 is 0 Å². The van der Waals surface area contributed by atoms with Crippen molar-refractivity contribution in [2.75, 3.05) is 19.1 Å². The fourth-order valence-corrected chi connectivity index (χ4v) is 9.33. The minimum Gasteiger partial charge on any atom is -0.497 e. The summed E-state index contributed by atoms with van der Waals surface area (Å²) in [5.41, 5.74) is 3.80. The van der Waals surface area contributed by atoms with E-state index in [2.05, 4.69) is 0 Å². The van der Waals surface area contributed by atoms with Crippen molar-refractivity contribution in [1.82, 2.24) is 0 Å². The van der Waals surface area contributed by atoms with E-state index in [0.717, 1.165) is 22.3 Å². The maximum absolute atomic E-state index is 16.2. The summed E-state index contributed by atoms with van der Waals surface area (Å²) in [6.45, 7) is 0.